The summed E-state index contributed by atoms with van der Waals surface area (Å²) in [5.74, 6) is -0.457. The predicted octanol–water partition coefficient (Wildman–Crippen LogP) is 1.85. The maximum atomic E-state index is 12.9. The molecule has 2 amide bonds. The molecule has 3 aliphatic carbocycles. The maximum absolute atomic E-state index is 12.9. The standard InChI is InChI=1S/C19H15N3O6/c23-17-15-10-1-2-11(19(10)3-4-19)16(15)18(24)21(17)20-7-9-5-13-14(28-8-27-13)6-12(9)22(25)26/h1-2,5-7,10-11,15-16H,3-4,8H2/b20-7-. The van der Waals surface area contributed by atoms with E-state index < -0.39 is 4.92 Å². The van der Waals surface area contributed by atoms with E-state index in [4.69, 9.17) is 9.47 Å². The van der Waals surface area contributed by atoms with Crippen LogP contribution in [0.5, 0.6) is 11.5 Å². The molecule has 3 fully saturated rings. The fourth-order valence-corrected chi connectivity index (χ4v) is 5.50. The minimum absolute atomic E-state index is 0.0168. The van der Waals surface area contributed by atoms with Gasteiger partial charge in [-0.2, -0.15) is 10.1 Å². The van der Waals surface area contributed by atoms with Crippen LogP contribution in [0.15, 0.2) is 29.4 Å². The number of hydrogen-bond acceptors (Lipinski definition) is 7. The zero-order valence-electron chi connectivity index (χ0n) is 14.6. The molecule has 6 rings (SSSR count). The number of carbonyl (C=O) groups excluding carboxylic acids is 2. The van der Waals surface area contributed by atoms with Gasteiger partial charge in [0.1, 0.15) is 0 Å². The van der Waals surface area contributed by atoms with Crippen molar-refractivity contribution in [2.24, 2.45) is 34.2 Å². The Morgan fingerprint density at radius 2 is 1.71 bits per heavy atom. The highest BCUT2D eigenvalue weighted by Crippen LogP contribution is 2.73. The van der Waals surface area contributed by atoms with E-state index in [1.807, 2.05) is 0 Å². The molecule has 9 heteroatoms. The molecule has 2 bridgehead atoms. The van der Waals surface area contributed by atoms with Gasteiger partial charge in [-0.3, -0.25) is 19.7 Å². The summed E-state index contributed by atoms with van der Waals surface area (Å²) in [4.78, 5) is 36.6. The smallest absolute Gasteiger partial charge is 0.282 e. The Labute approximate surface area is 158 Å². The zero-order valence-corrected chi connectivity index (χ0v) is 14.6. The lowest BCUT2D eigenvalue weighted by Gasteiger charge is -2.18. The molecule has 1 aromatic carbocycles. The van der Waals surface area contributed by atoms with Crippen LogP contribution >= 0.6 is 0 Å². The lowest BCUT2D eigenvalue weighted by molar-refractivity contribution is -0.385. The molecule has 1 aromatic rings. The van der Waals surface area contributed by atoms with Gasteiger partial charge >= 0.3 is 0 Å². The second kappa shape index (κ2) is 4.98. The molecule has 4 atom stereocenters. The van der Waals surface area contributed by atoms with E-state index in [0.29, 0.717) is 5.75 Å². The topological polar surface area (TPSA) is 111 Å². The average Bonchev–Trinajstić information content (AvgIpc) is 2.97. The van der Waals surface area contributed by atoms with Crippen molar-refractivity contribution in [2.45, 2.75) is 12.8 Å². The number of allylic oxidation sites excluding steroid dienone is 2. The number of hydrazone groups is 1. The minimum Gasteiger partial charge on any atom is -0.454 e. The molecule has 0 aromatic heterocycles. The maximum Gasteiger partial charge on any atom is 0.282 e. The number of amides is 2. The van der Waals surface area contributed by atoms with Crippen LogP contribution < -0.4 is 9.47 Å². The Kier molecular flexibility index (Phi) is 2.81. The number of nitrogens with zero attached hydrogens (tertiary/aromatic N) is 3. The molecular formula is C19H15N3O6. The summed E-state index contributed by atoms with van der Waals surface area (Å²) in [5, 5.41) is 16.3. The SMILES string of the molecule is O=C1C2C(C(=O)N1/N=C\c1cc3c(cc1[N+](=O)[O-])OCO3)C1C=CC2C12CC2. The van der Waals surface area contributed by atoms with Crippen molar-refractivity contribution in [1.29, 1.82) is 0 Å². The Morgan fingerprint density at radius 3 is 2.29 bits per heavy atom. The first-order valence-corrected chi connectivity index (χ1v) is 9.19. The van der Waals surface area contributed by atoms with E-state index in [2.05, 4.69) is 17.3 Å². The van der Waals surface area contributed by atoms with E-state index in [1.165, 1.54) is 18.3 Å². The van der Waals surface area contributed by atoms with Gasteiger partial charge in [0.25, 0.3) is 17.5 Å². The van der Waals surface area contributed by atoms with Gasteiger partial charge < -0.3 is 9.47 Å². The van der Waals surface area contributed by atoms with Crippen molar-refractivity contribution in [2.75, 3.05) is 6.79 Å². The van der Waals surface area contributed by atoms with E-state index in [1.54, 1.807) is 0 Å². The van der Waals surface area contributed by atoms with Crippen molar-refractivity contribution >= 4 is 23.7 Å². The Bertz CT molecular complexity index is 993. The Balaban J connectivity index is 1.33. The lowest BCUT2D eigenvalue weighted by atomic mass is 9.85. The quantitative estimate of drug-likeness (QED) is 0.260. The van der Waals surface area contributed by atoms with Crippen molar-refractivity contribution in [3.63, 3.8) is 0 Å². The van der Waals surface area contributed by atoms with Gasteiger partial charge in [0.15, 0.2) is 11.5 Å². The second-order valence-electron chi connectivity index (χ2n) is 7.98. The van der Waals surface area contributed by atoms with Gasteiger partial charge in [-0.05, 0) is 36.2 Å². The molecule has 1 saturated heterocycles. The molecule has 0 radical (unpaired) electrons. The molecule has 9 nitrogen and oxygen atoms in total. The highest BCUT2D eigenvalue weighted by Gasteiger charge is 2.73. The van der Waals surface area contributed by atoms with Crippen LogP contribution in [0.3, 0.4) is 0 Å². The first-order chi connectivity index (χ1) is 13.5. The fourth-order valence-electron chi connectivity index (χ4n) is 5.50. The molecule has 0 N–H and O–H groups in total. The van der Waals surface area contributed by atoms with Crippen molar-refractivity contribution in [1.82, 2.24) is 5.01 Å². The Hall–Kier alpha value is -3.23. The lowest BCUT2D eigenvalue weighted by Crippen LogP contribution is -2.30. The van der Waals surface area contributed by atoms with Gasteiger partial charge in [0.05, 0.1) is 34.6 Å². The van der Waals surface area contributed by atoms with Gasteiger partial charge in [-0.25, -0.2) is 0 Å². The first-order valence-electron chi connectivity index (χ1n) is 9.19. The summed E-state index contributed by atoms with van der Waals surface area (Å²) in [6.45, 7) is -0.0168. The summed E-state index contributed by atoms with van der Waals surface area (Å²) in [5.41, 5.74) is 0.0321. The number of nitro groups is 1. The minimum atomic E-state index is -0.563. The monoisotopic (exact) mass is 381 g/mol. The number of nitro benzene ring substituents is 1. The molecule has 1 spiro atoms. The van der Waals surface area contributed by atoms with Crippen LogP contribution in [0.25, 0.3) is 0 Å². The largest absolute Gasteiger partial charge is 0.454 e. The van der Waals surface area contributed by atoms with E-state index >= 15 is 0 Å². The summed E-state index contributed by atoms with van der Waals surface area (Å²) < 4.78 is 10.4. The number of imide groups is 1. The summed E-state index contributed by atoms with van der Waals surface area (Å²) in [6.07, 6.45) is 7.48. The first kappa shape index (κ1) is 15.8. The van der Waals surface area contributed by atoms with Crippen LogP contribution in [-0.4, -0.2) is 34.8 Å². The number of ether oxygens (including phenoxy) is 2. The molecule has 2 saturated carbocycles. The predicted molar refractivity (Wildman–Crippen MR) is 93.4 cm³/mol. The highest BCUT2D eigenvalue weighted by atomic mass is 16.7. The van der Waals surface area contributed by atoms with Crippen LogP contribution in [0.1, 0.15) is 18.4 Å². The summed E-state index contributed by atoms with van der Waals surface area (Å²) in [6, 6.07) is 2.69. The van der Waals surface area contributed by atoms with E-state index in [9.17, 15) is 19.7 Å². The van der Waals surface area contributed by atoms with Crippen LogP contribution in [0, 0.1) is 39.2 Å². The van der Waals surface area contributed by atoms with Gasteiger partial charge in [0, 0.05) is 0 Å². The van der Waals surface area contributed by atoms with Crippen LogP contribution in [0.4, 0.5) is 5.69 Å². The molecule has 4 unspecified atom stereocenters. The third-order valence-corrected chi connectivity index (χ3v) is 6.86. The van der Waals surface area contributed by atoms with Gasteiger partial charge in [-0.1, -0.05) is 12.2 Å². The van der Waals surface area contributed by atoms with Gasteiger partial charge in [0.2, 0.25) is 6.79 Å². The molecule has 28 heavy (non-hydrogen) atoms. The van der Waals surface area contributed by atoms with Crippen LogP contribution in [0.2, 0.25) is 0 Å². The number of hydrogen-bond donors (Lipinski definition) is 0. The van der Waals surface area contributed by atoms with Crippen molar-refractivity contribution in [3.05, 3.63) is 40.0 Å². The van der Waals surface area contributed by atoms with Crippen molar-refractivity contribution in [3.8, 4) is 11.5 Å². The third kappa shape index (κ3) is 1.78. The third-order valence-electron chi connectivity index (χ3n) is 6.86. The average molecular weight is 381 g/mol. The van der Waals surface area contributed by atoms with Crippen molar-refractivity contribution < 1.29 is 24.0 Å². The molecule has 5 aliphatic rings. The number of benzene rings is 1. The summed E-state index contributed by atoms with van der Waals surface area (Å²) in [7, 11) is 0. The molecule has 2 heterocycles. The second-order valence-corrected chi connectivity index (χ2v) is 7.98. The molecular weight excluding hydrogens is 366 g/mol. The normalized spacial score (nSPS) is 32.8. The number of carbonyl (C=O) groups is 2. The summed E-state index contributed by atoms with van der Waals surface area (Å²) >= 11 is 0. The Morgan fingerprint density at radius 1 is 1.11 bits per heavy atom. The highest BCUT2D eigenvalue weighted by molar-refractivity contribution is 6.07. The molecule has 142 valence electrons. The van der Waals surface area contributed by atoms with Gasteiger partial charge in [-0.15, -0.1) is 0 Å². The van der Waals surface area contributed by atoms with E-state index in [-0.39, 0.29) is 64.7 Å². The van der Waals surface area contributed by atoms with Crippen LogP contribution in [-0.2, 0) is 9.59 Å². The fraction of sp³-hybridized carbons (Fsp3) is 0.421. The number of rotatable bonds is 3. The van der Waals surface area contributed by atoms with E-state index in [0.717, 1.165) is 17.9 Å². The molecule has 2 aliphatic heterocycles. The number of fused-ring (bicyclic) bond motifs is 4. The zero-order chi connectivity index (χ0) is 19.2.